The molecule has 0 fully saturated rings. The van der Waals surface area contributed by atoms with Crippen LogP contribution in [0.2, 0.25) is 13.6 Å². The van der Waals surface area contributed by atoms with E-state index >= 15 is 0 Å². The molecule has 0 aliphatic rings. The first-order valence-electron chi connectivity index (χ1n) is 6.48. The largest absolute Gasteiger partial charge is 0.486 e. The smallest absolute Gasteiger partial charge is 0.169 e. The molecular weight excluding hydrogens is 231 g/mol. The summed E-state index contributed by atoms with van der Waals surface area (Å²) in [5, 5.41) is 0. The van der Waals surface area contributed by atoms with Gasteiger partial charge in [-0.1, -0.05) is 69.0 Å². The highest BCUT2D eigenvalue weighted by Crippen LogP contribution is 2.20. The van der Waals surface area contributed by atoms with Gasteiger partial charge in [0.05, 0.1) is 0 Å². The van der Waals surface area contributed by atoms with E-state index in [4.69, 9.17) is 4.74 Å². The van der Waals surface area contributed by atoms with E-state index in [9.17, 15) is 0 Å². The fraction of sp³-hybridized carbons (Fsp3) is 0.294. The lowest BCUT2D eigenvalue weighted by Gasteiger charge is -2.15. The Morgan fingerprint density at radius 2 is 1.47 bits per heavy atom. The van der Waals surface area contributed by atoms with Crippen molar-refractivity contribution in [2.75, 3.05) is 0 Å². The van der Waals surface area contributed by atoms with E-state index in [1.165, 1.54) is 11.0 Å². The fourth-order valence-corrected chi connectivity index (χ4v) is 1.93. The Morgan fingerprint density at radius 3 is 2.00 bits per heavy atom. The van der Waals surface area contributed by atoms with Gasteiger partial charge in [-0.25, -0.2) is 0 Å². The Morgan fingerprint density at radius 1 is 0.895 bits per heavy atom. The predicted octanol–water partition coefficient (Wildman–Crippen LogP) is 4.42. The molecule has 1 atom stereocenters. The summed E-state index contributed by atoms with van der Waals surface area (Å²) in [6, 6.07) is 18.7. The average Bonchev–Trinajstić information content (AvgIpc) is 2.40. The third kappa shape index (κ3) is 4.16. The summed E-state index contributed by atoms with van der Waals surface area (Å²) in [7, 11) is 0. The highest BCUT2D eigenvalue weighted by atomic mass is 16.5. The third-order valence-corrected chi connectivity index (χ3v) is 3.13. The van der Waals surface area contributed by atoms with Crippen LogP contribution in [0.3, 0.4) is 0 Å². The monoisotopic (exact) mass is 254 g/mol. The lowest BCUT2D eigenvalue weighted by atomic mass is 9.49. The van der Waals surface area contributed by atoms with E-state index in [1.807, 2.05) is 18.2 Å². The summed E-state index contributed by atoms with van der Waals surface area (Å²) >= 11 is 0. The summed E-state index contributed by atoms with van der Waals surface area (Å²) in [6.07, 6.45) is 0.0797. The zero-order valence-electron chi connectivity index (χ0n) is 11.3. The zero-order chi connectivity index (χ0) is 13.0. The van der Waals surface area contributed by atoms with Crippen molar-refractivity contribution in [3.8, 4) is 5.75 Å². The van der Waals surface area contributed by atoms with Crippen LogP contribution in [0.1, 0.15) is 26.0 Å². The quantitative estimate of drug-likeness (QED) is 0.733. The first-order valence-corrected chi connectivity index (χ1v) is 6.48. The molecule has 2 aromatic rings. The lowest BCUT2D eigenvalue weighted by Crippen LogP contribution is -2.21. The van der Waals surface area contributed by atoms with Crippen LogP contribution < -0.4 is 10.2 Å². The second kappa shape index (κ2) is 7.03. The topological polar surface area (TPSA) is 9.23 Å². The Kier molecular flexibility index (Phi) is 5.69. The minimum absolute atomic E-state index is 0. The number of hydrogen-bond acceptors (Lipinski definition) is 1. The zero-order valence-corrected chi connectivity index (χ0v) is 11.3. The number of hydrogen-bond donors (Lipinski definition) is 0. The van der Waals surface area contributed by atoms with E-state index in [1.54, 1.807) is 0 Å². The van der Waals surface area contributed by atoms with E-state index < -0.39 is 0 Å². The van der Waals surface area contributed by atoms with Crippen LogP contribution in [0.5, 0.6) is 5.75 Å². The molecule has 0 aromatic heterocycles. The number of rotatable bonds is 4. The summed E-state index contributed by atoms with van der Waals surface area (Å²) in [4.78, 5) is 0. The summed E-state index contributed by atoms with van der Waals surface area (Å²) < 4.78 is 5.94. The highest BCUT2D eigenvalue weighted by Gasteiger charge is 2.07. The molecule has 1 unspecified atom stereocenters. The van der Waals surface area contributed by atoms with Crippen LogP contribution >= 0.6 is 0 Å². The molecule has 2 aromatic carbocycles. The Balaban J connectivity index is 0.00000180. The number of benzene rings is 2. The molecule has 0 amide bonds. The maximum absolute atomic E-state index is 5.94. The van der Waals surface area contributed by atoms with Gasteiger partial charge in [-0.15, -0.1) is 0 Å². The molecule has 0 aliphatic carbocycles. The van der Waals surface area contributed by atoms with Gasteiger partial charge in [0.15, 0.2) is 6.71 Å². The van der Waals surface area contributed by atoms with Gasteiger partial charge in [-0.3, -0.25) is 0 Å². The molecule has 0 heterocycles. The highest BCUT2D eigenvalue weighted by molar-refractivity contribution is 6.70. The molecule has 2 rings (SSSR count). The molecular formula is C17H23BO. The predicted molar refractivity (Wildman–Crippen MR) is 85.8 cm³/mol. The second-order valence-electron chi connectivity index (χ2n) is 4.89. The molecule has 0 N–H and O–H groups in total. The van der Waals surface area contributed by atoms with Gasteiger partial charge in [-0.05, 0) is 24.6 Å². The van der Waals surface area contributed by atoms with Crippen molar-refractivity contribution < 1.29 is 4.74 Å². The van der Waals surface area contributed by atoms with Crippen molar-refractivity contribution in [1.82, 2.24) is 0 Å². The number of ether oxygens (including phenoxy) is 1. The van der Waals surface area contributed by atoms with Crippen molar-refractivity contribution in [2.24, 2.45) is 0 Å². The van der Waals surface area contributed by atoms with E-state index in [-0.39, 0.29) is 13.5 Å². The van der Waals surface area contributed by atoms with Crippen LogP contribution in [0.15, 0.2) is 54.6 Å². The van der Waals surface area contributed by atoms with Gasteiger partial charge in [-0.2, -0.15) is 0 Å². The van der Waals surface area contributed by atoms with Gasteiger partial charge >= 0.3 is 0 Å². The maximum Gasteiger partial charge on any atom is 0.169 e. The second-order valence-corrected chi connectivity index (χ2v) is 4.89. The average molecular weight is 254 g/mol. The van der Waals surface area contributed by atoms with Crippen LogP contribution in [0.25, 0.3) is 0 Å². The normalized spacial score (nSPS) is 11.3. The van der Waals surface area contributed by atoms with Crippen molar-refractivity contribution in [3.05, 3.63) is 60.2 Å². The van der Waals surface area contributed by atoms with Gasteiger partial charge in [0.25, 0.3) is 0 Å². The van der Waals surface area contributed by atoms with E-state index in [0.29, 0.717) is 6.71 Å². The van der Waals surface area contributed by atoms with Gasteiger partial charge < -0.3 is 4.74 Å². The molecule has 0 bridgehead atoms. The molecule has 0 aliphatic heterocycles. The molecule has 0 spiro atoms. The molecule has 19 heavy (non-hydrogen) atoms. The first-order chi connectivity index (χ1) is 8.66. The minimum atomic E-state index is 0. The van der Waals surface area contributed by atoms with Crippen molar-refractivity contribution in [1.29, 1.82) is 0 Å². The molecule has 1 nitrogen and oxygen atoms in total. The molecule has 0 radical (unpaired) electrons. The van der Waals surface area contributed by atoms with Crippen molar-refractivity contribution >= 4 is 12.2 Å². The van der Waals surface area contributed by atoms with Crippen molar-refractivity contribution in [2.45, 2.75) is 34.1 Å². The van der Waals surface area contributed by atoms with Crippen LogP contribution in [-0.2, 0) is 0 Å². The first kappa shape index (κ1) is 15.4. The molecule has 100 valence electrons. The summed E-state index contributed by atoms with van der Waals surface area (Å²) in [5.41, 5.74) is 2.54. The maximum atomic E-state index is 5.94. The van der Waals surface area contributed by atoms with E-state index in [2.05, 4.69) is 57.0 Å². The Hall–Kier alpha value is -1.70. The SMILES string of the molecule is C.CB(C)c1ccc(OC(C)c2ccccc2)cc1. The van der Waals surface area contributed by atoms with E-state index in [0.717, 1.165) is 5.75 Å². The van der Waals surface area contributed by atoms with Crippen LogP contribution in [0, 0.1) is 0 Å². The van der Waals surface area contributed by atoms with Gasteiger partial charge in [0, 0.05) is 0 Å². The molecule has 0 saturated carbocycles. The molecule has 2 heteroatoms. The molecule has 0 saturated heterocycles. The third-order valence-electron chi connectivity index (χ3n) is 3.13. The van der Waals surface area contributed by atoms with Crippen LogP contribution in [-0.4, -0.2) is 6.71 Å². The van der Waals surface area contributed by atoms with Gasteiger partial charge in [0.1, 0.15) is 11.9 Å². The van der Waals surface area contributed by atoms with Crippen molar-refractivity contribution in [3.63, 3.8) is 0 Å². The fourth-order valence-electron chi connectivity index (χ4n) is 1.93. The Bertz CT molecular complexity index is 476. The lowest BCUT2D eigenvalue weighted by molar-refractivity contribution is 0.227. The minimum Gasteiger partial charge on any atom is -0.486 e. The van der Waals surface area contributed by atoms with Gasteiger partial charge in [0.2, 0.25) is 0 Å². The summed E-state index contributed by atoms with van der Waals surface area (Å²) in [5.74, 6) is 0.927. The van der Waals surface area contributed by atoms with Crippen LogP contribution in [0.4, 0.5) is 0 Å². The summed E-state index contributed by atoms with van der Waals surface area (Å²) in [6.45, 7) is 7.03. The Labute approximate surface area is 117 Å². The standard InChI is InChI=1S/C16H19BO.CH4/c1-13(14-7-5-4-6-8-14)18-16-11-9-15(10-12-16)17(2)3;/h4-13H,1-3H3;1H4.